The van der Waals surface area contributed by atoms with Gasteiger partial charge in [-0.3, -0.25) is 9.78 Å². The maximum Gasteiger partial charge on any atom is 0.248 e. The first-order chi connectivity index (χ1) is 9.01. The SMILES string of the molecule is Cc1cnccc1NC(=O)C(C)(N)c1ccccc1. The molecule has 1 heterocycles. The number of carbonyl (C=O) groups is 1. The van der Waals surface area contributed by atoms with E-state index in [-0.39, 0.29) is 5.91 Å². The highest BCUT2D eigenvalue weighted by atomic mass is 16.2. The number of aryl methyl sites for hydroxylation is 1. The van der Waals surface area contributed by atoms with Gasteiger partial charge in [0.2, 0.25) is 5.91 Å². The number of hydrogen-bond donors (Lipinski definition) is 2. The lowest BCUT2D eigenvalue weighted by Crippen LogP contribution is -2.45. The monoisotopic (exact) mass is 255 g/mol. The fourth-order valence-corrected chi connectivity index (χ4v) is 1.78. The van der Waals surface area contributed by atoms with Gasteiger partial charge in [-0.05, 0) is 31.0 Å². The van der Waals surface area contributed by atoms with Gasteiger partial charge in [0.25, 0.3) is 0 Å². The zero-order valence-electron chi connectivity index (χ0n) is 11.1. The summed E-state index contributed by atoms with van der Waals surface area (Å²) in [5.41, 5.74) is 7.49. The standard InChI is InChI=1S/C15H17N3O/c1-11-10-17-9-8-13(11)18-14(19)15(2,16)12-6-4-3-5-7-12/h3-10H,16H2,1-2H3,(H,17,18,19). The van der Waals surface area contributed by atoms with Crippen LogP contribution >= 0.6 is 0 Å². The lowest BCUT2D eigenvalue weighted by Gasteiger charge is -2.24. The summed E-state index contributed by atoms with van der Waals surface area (Å²) in [4.78, 5) is 16.3. The molecule has 0 aliphatic rings. The molecule has 1 aromatic heterocycles. The molecule has 0 spiro atoms. The highest BCUT2D eigenvalue weighted by Gasteiger charge is 2.30. The number of aromatic nitrogens is 1. The Hall–Kier alpha value is -2.20. The quantitative estimate of drug-likeness (QED) is 0.883. The predicted molar refractivity (Wildman–Crippen MR) is 75.6 cm³/mol. The van der Waals surface area contributed by atoms with Gasteiger partial charge in [-0.1, -0.05) is 30.3 Å². The fourth-order valence-electron chi connectivity index (χ4n) is 1.78. The Morgan fingerprint density at radius 3 is 2.58 bits per heavy atom. The Bertz CT molecular complexity index is 579. The van der Waals surface area contributed by atoms with Crippen molar-refractivity contribution in [3.8, 4) is 0 Å². The minimum absolute atomic E-state index is 0.243. The van der Waals surface area contributed by atoms with E-state index in [1.165, 1.54) is 0 Å². The van der Waals surface area contributed by atoms with Crippen LogP contribution in [0.15, 0.2) is 48.8 Å². The molecule has 0 saturated carbocycles. The minimum atomic E-state index is -1.07. The molecule has 0 radical (unpaired) electrons. The average molecular weight is 255 g/mol. The van der Waals surface area contributed by atoms with Crippen LogP contribution < -0.4 is 11.1 Å². The summed E-state index contributed by atoms with van der Waals surface area (Å²) < 4.78 is 0. The number of carbonyl (C=O) groups excluding carboxylic acids is 1. The first-order valence-electron chi connectivity index (χ1n) is 6.08. The van der Waals surface area contributed by atoms with E-state index in [9.17, 15) is 4.79 Å². The summed E-state index contributed by atoms with van der Waals surface area (Å²) in [6.07, 6.45) is 3.34. The van der Waals surface area contributed by atoms with Crippen molar-refractivity contribution in [1.82, 2.24) is 4.98 Å². The van der Waals surface area contributed by atoms with E-state index < -0.39 is 5.54 Å². The molecule has 0 saturated heterocycles. The van der Waals surface area contributed by atoms with Crippen LogP contribution in [-0.2, 0) is 10.3 Å². The fraction of sp³-hybridized carbons (Fsp3) is 0.200. The van der Waals surface area contributed by atoms with E-state index in [2.05, 4.69) is 10.3 Å². The molecular weight excluding hydrogens is 238 g/mol. The number of amides is 1. The molecule has 1 aromatic carbocycles. The minimum Gasteiger partial charge on any atom is -0.324 e. The zero-order chi connectivity index (χ0) is 13.9. The molecule has 2 rings (SSSR count). The van der Waals surface area contributed by atoms with Crippen LogP contribution in [0, 0.1) is 6.92 Å². The predicted octanol–water partition coefficient (Wildman–Crippen LogP) is 2.20. The molecule has 1 amide bonds. The normalized spacial score (nSPS) is 13.6. The topological polar surface area (TPSA) is 68.0 Å². The first-order valence-corrected chi connectivity index (χ1v) is 6.08. The average Bonchev–Trinajstić information content (AvgIpc) is 2.42. The maximum atomic E-state index is 12.3. The molecule has 98 valence electrons. The van der Waals surface area contributed by atoms with E-state index in [1.54, 1.807) is 25.4 Å². The van der Waals surface area contributed by atoms with Gasteiger partial charge in [0.15, 0.2) is 0 Å². The lowest BCUT2D eigenvalue weighted by atomic mass is 9.92. The van der Waals surface area contributed by atoms with Gasteiger partial charge in [-0.25, -0.2) is 0 Å². The summed E-state index contributed by atoms with van der Waals surface area (Å²) in [5, 5.41) is 2.85. The van der Waals surface area contributed by atoms with Crippen LogP contribution in [0.3, 0.4) is 0 Å². The molecule has 1 atom stereocenters. The summed E-state index contributed by atoms with van der Waals surface area (Å²) in [5.74, 6) is -0.243. The van der Waals surface area contributed by atoms with Gasteiger partial charge in [-0.15, -0.1) is 0 Å². The van der Waals surface area contributed by atoms with Crippen molar-refractivity contribution in [3.05, 3.63) is 59.9 Å². The summed E-state index contributed by atoms with van der Waals surface area (Å²) in [7, 11) is 0. The third-order valence-corrected chi connectivity index (χ3v) is 3.11. The first kappa shape index (κ1) is 13.2. The number of nitrogens with zero attached hydrogens (tertiary/aromatic N) is 1. The second kappa shape index (κ2) is 5.20. The van der Waals surface area contributed by atoms with Crippen LogP contribution in [-0.4, -0.2) is 10.9 Å². The van der Waals surface area contributed by atoms with Crippen molar-refractivity contribution < 1.29 is 4.79 Å². The van der Waals surface area contributed by atoms with Crippen LogP contribution in [0.1, 0.15) is 18.1 Å². The Balaban J connectivity index is 2.23. The summed E-state index contributed by atoms with van der Waals surface area (Å²) >= 11 is 0. The summed E-state index contributed by atoms with van der Waals surface area (Å²) in [6.45, 7) is 3.59. The largest absolute Gasteiger partial charge is 0.324 e. The third kappa shape index (κ3) is 2.80. The van der Waals surface area contributed by atoms with Gasteiger partial charge in [-0.2, -0.15) is 0 Å². The maximum absolute atomic E-state index is 12.3. The Kier molecular flexibility index (Phi) is 3.62. The Labute approximate surface area is 112 Å². The van der Waals surface area contributed by atoms with Gasteiger partial charge in [0, 0.05) is 18.1 Å². The van der Waals surface area contributed by atoms with E-state index >= 15 is 0 Å². The Morgan fingerprint density at radius 2 is 1.95 bits per heavy atom. The molecule has 2 aromatic rings. The lowest BCUT2D eigenvalue weighted by molar-refractivity contribution is -0.120. The van der Waals surface area contributed by atoms with Gasteiger partial charge in [0.05, 0.1) is 0 Å². The smallest absolute Gasteiger partial charge is 0.248 e. The van der Waals surface area contributed by atoms with Crippen molar-refractivity contribution in [3.63, 3.8) is 0 Å². The molecule has 4 nitrogen and oxygen atoms in total. The highest BCUT2D eigenvalue weighted by Crippen LogP contribution is 2.21. The second-order valence-corrected chi connectivity index (χ2v) is 4.71. The highest BCUT2D eigenvalue weighted by molar-refractivity contribution is 5.98. The van der Waals surface area contributed by atoms with E-state index in [1.807, 2.05) is 37.3 Å². The van der Waals surface area contributed by atoms with Crippen LogP contribution in [0.2, 0.25) is 0 Å². The Morgan fingerprint density at radius 1 is 1.26 bits per heavy atom. The van der Waals surface area contributed by atoms with Crippen molar-refractivity contribution in [2.45, 2.75) is 19.4 Å². The van der Waals surface area contributed by atoms with Crippen LogP contribution in [0.25, 0.3) is 0 Å². The number of rotatable bonds is 3. The van der Waals surface area contributed by atoms with E-state index in [4.69, 9.17) is 5.73 Å². The zero-order valence-corrected chi connectivity index (χ0v) is 11.1. The van der Waals surface area contributed by atoms with Gasteiger partial charge < -0.3 is 11.1 Å². The van der Waals surface area contributed by atoms with E-state index in [0.29, 0.717) is 0 Å². The van der Waals surface area contributed by atoms with Crippen molar-refractivity contribution in [2.24, 2.45) is 5.73 Å². The van der Waals surface area contributed by atoms with E-state index in [0.717, 1.165) is 16.8 Å². The second-order valence-electron chi connectivity index (χ2n) is 4.71. The molecule has 0 aliphatic heterocycles. The summed E-state index contributed by atoms with van der Waals surface area (Å²) in [6, 6.07) is 11.1. The third-order valence-electron chi connectivity index (χ3n) is 3.11. The molecule has 3 N–H and O–H groups in total. The molecule has 19 heavy (non-hydrogen) atoms. The number of anilines is 1. The van der Waals surface area contributed by atoms with Crippen molar-refractivity contribution in [2.75, 3.05) is 5.32 Å². The number of nitrogens with two attached hydrogens (primary N) is 1. The van der Waals surface area contributed by atoms with Crippen molar-refractivity contribution >= 4 is 11.6 Å². The molecule has 4 heteroatoms. The van der Waals surface area contributed by atoms with Gasteiger partial charge in [0.1, 0.15) is 5.54 Å². The molecule has 0 aliphatic carbocycles. The molecule has 1 unspecified atom stereocenters. The number of pyridine rings is 1. The number of nitrogens with one attached hydrogen (secondary N) is 1. The molecular formula is C15H17N3O. The van der Waals surface area contributed by atoms with Gasteiger partial charge >= 0.3 is 0 Å². The number of hydrogen-bond acceptors (Lipinski definition) is 3. The molecule has 0 fully saturated rings. The van der Waals surface area contributed by atoms with Crippen LogP contribution in [0.5, 0.6) is 0 Å². The van der Waals surface area contributed by atoms with Crippen LogP contribution in [0.4, 0.5) is 5.69 Å². The van der Waals surface area contributed by atoms with Crippen molar-refractivity contribution in [1.29, 1.82) is 0 Å². The number of benzene rings is 1. The molecule has 0 bridgehead atoms.